The van der Waals surface area contributed by atoms with Crippen LogP contribution in [0.15, 0.2) is 36.4 Å². The van der Waals surface area contributed by atoms with Crippen molar-refractivity contribution >= 4 is 17.4 Å². The van der Waals surface area contributed by atoms with E-state index in [9.17, 15) is 4.79 Å². The molecule has 7 heteroatoms. The van der Waals surface area contributed by atoms with Crippen LogP contribution in [-0.4, -0.2) is 39.0 Å². The Labute approximate surface area is 177 Å². The first-order valence-corrected chi connectivity index (χ1v) is 10.4. The number of aryl methyl sites for hydroxylation is 4. The summed E-state index contributed by atoms with van der Waals surface area (Å²) in [5.74, 6) is 1.67. The van der Waals surface area contributed by atoms with E-state index in [1.807, 2.05) is 50.2 Å². The molecule has 0 aliphatic carbocycles. The third kappa shape index (κ3) is 4.20. The van der Waals surface area contributed by atoms with E-state index >= 15 is 0 Å². The molecule has 156 valence electrons. The highest BCUT2D eigenvalue weighted by molar-refractivity contribution is 5.92. The third-order valence-corrected chi connectivity index (χ3v) is 5.83. The third-order valence-electron chi connectivity index (χ3n) is 5.83. The lowest BCUT2D eigenvalue weighted by Crippen LogP contribution is -2.38. The number of nitrogens with zero attached hydrogens (tertiary/aromatic N) is 5. The normalized spacial score (nSPS) is 14.7. The Morgan fingerprint density at radius 2 is 1.63 bits per heavy atom. The van der Waals surface area contributed by atoms with E-state index in [2.05, 4.69) is 39.4 Å². The molecule has 0 bridgehead atoms. The Morgan fingerprint density at radius 1 is 0.933 bits per heavy atom. The molecule has 1 aromatic carbocycles. The summed E-state index contributed by atoms with van der Waals surface area (Å²) in [7, 11) is 0. The fourth-order valence-electron chi connectivity index (χ4n) is 3.89. The second kappa shape index (κ2) is 8.26. The average molecular weight is 405 g/mol. The van der Waals surface area contributed by atoms with Crippen molar-refractivity contribution in [1.82, 2.24) is 20.0 Å². The van der Waals surface area contributed by atoms with Gasteiger partial charge < -0.3 is 10.2 Å². The number of carbonyl (C=O) groups is 1. The molecule has 4 rings (SSSR count). The number of anilines is 2. The van der Waals surface area contributed by atoms with E-state index in [1.54, 1.807) is 4.68 Å². The van der Waals surface area contributed by atoms with Gasteiger partial charge in [0.25, 0.3) is 0 Å². The molecule has 0 saturated carbocycles. The molecular formula is C23H28N6O. The number of hydrogen-bond donors (Lipinski definition) is 1. The van der Waals surface area contributed by atoms with E-state index in [-0.39, 0.29) is 11.8 Å². The molecule has 1 fully saturated rings. The lowest BCUT2D eigenvalue weighted by molar-refractivity contribution is -0.120. The van der Waals surface area contributed by atoms with Gasteiger partial charge >= 0.3 is 0 Å². The molecule has 0 atom stereocenters. The number of aromatic nitrogens is 4. The molecule has 30 heavy (non-hydrogen) atoms. The first-order valence-electron chi connectivity index (χ1n) is 10.4. The van der Waals surface area contributed by atoms with Gasteiger partial charge in [0.1, 0.15) is 0 Å². The van der Waals surface area contributed by atoms with Crippen LogP contribution >= 0.6 is 0 Å². The summed E-state index contributed by atoms with van der Waals surface area (Å²) in [6.07, 6.45) is 1.61. The van der Waals surface area contributed by atoms with Crippen molar-refractivity contribution in [1.29, 1.82) is 0 Å². The minimum atomic E-state index is 0.0183. The van der Waals surface area contributed by atoms with Crippen molar-refractivity contribution in [3.63, 3.8) is 0 Å². The average Bonchev–Trinajstić information content (AvgIpc) is 3.09. The van der Waals surface area contributed by atoms with E-state index in [4.69, 9.17) is 0 Å². The Morgan fingerprint density at radius 3 is 2.23 bits per heavy atom. The van der Waals surface area contributed by atoms with Gasteiger partial charge in [-0.1, -0.05) is 6.07 Å². The highest BCUT2D eigenvalue weighted by Gasteiger charge is 2.26. The van der Waals surface area contributed by atoms with Crippen LogP contribution in [0.25, 0.3) is 5.82 Å². The highest BCUT2D eigenvalue weighted by atomic mass is 16.1. The van der Waals surface area contributed by atoms with Crippen molar-refractivity contribution in [2.45, 2.75) is 40.5 Å². The van der Waals surface area contributed by atoms with Gasteiger partial charge in [-0.25, -0.2) is 4.68 Å². The zero-order chi connectivity index (χ0) is 21.3. The standard InChI is InChI=1S/C23H28N6O/c1-15-5-6-20(13-16(15)2)24-23(30)19-9-11-28(12-10-19)21-7-8-22(26-25-21)29-18(4)14-17(3)27-29/h5-8,13-14,19H,9-12H2,1-4H3,(H,24,30). The summed E-state index contributed by atoms with van der Waals surface area (Å²) in [6.45, 7) is 9.68. The summed E-state index contributed by atoms with van der Waals surface area (Å²) in [4.78, 5) is 14.9. The summed E-state index contributed by atoms with van der Waals surface area (Å²) in [5, 5.41) is 16.3. The molecule has 0 unspecified atom stereocenters. The molecule has 3 aromatic rings. The number of hydrogen-bond acceptors (Lipinski definition) is 5. The van der Waals surface area contributed by atoms with E-state index in [0.29, 0.717) is 5.82 Å². The molecule has 1 aliphatic heterocycles. The fraction of sp³-hybridized carbons (Fsp3) is 0.391. The van der Waals surface area contributed by atoms with Crippen molar-refractivity contribution in [3.05, 3.63) is 58.9 Å². The second-order valence-electron chi connectivity index (χ2n) is 8.14. The Kier molecular flexibility index (Phi) is 5.53. The molecule has 3 heterocycles. The number of benzene rings is 1. The van der Waals surface area contributed by atoms with Gasteiger partial charge in [0.2, 0.25) is 5.91 Å². The van der Waals surface area contributed by atoms with Gasteiger partial charge in [-0.3, -0.25) is 4.79 Å². The molecule has 0 radical (unpaired) electrons. The molecule has 0 spiro atoms. The van der Waals surface area contributed by atoms with Crippen LogP contribution in [0.5, 0.6) is 0 Å². The summed E-state index contributed by atoms with van der Waals surface area (Å²) in [5.41, 5.74) is 5.28. The van der Waals surface area contributed by atoms with Crippen LogP contribution in [0.3, 0.4) is 0 Å². The Hall–Kier alpha value is -3.22. The van der Waals surface area contributed by atoms with Crippen molar-refractivity contribution in [2.75, 3.05) is 23.3 Å². The zero-order valence-corrected chi connectivity index (χ0v) is 18.0. The SMILES string of the molecule is Cc1cc(C)n(-c2ccc(N3CCC(C(=O)Nc4ccc(C)c(C)c4)CC3)nn2)n1. The maximum absolute atomic E-state index is 12.7. The number of piperidine rings is 1. The summed E-state index contributed by atoms with van der Waals surface area (Å²) >= 11 is 0. The zero-order valence-electron chi connectivity index (χ0n) is 18.0. The van der Waals surface area contributed by atoms with Crippen molar-refractivity contribution in [2.24, 2.45) is 5.92 Å². The smallest absolute Gasteiger partial charge is 0.227 e. The maximum Gasteiger partial charge on any atom is 0.227 e. The van der Waals surface area contributed by atoms with Crippen molar-refractivity contribution in [3.8, 4) is 5.82 Å². The lowest BCUT2D eigenvalue weighted by Gasteiger charge is -2.31. The summed E-state index contributed by atoms with van der Waals surface area (Å²) < 4.78 is 1.80. The molecule has 1 N–H and O–H groups in total. The second-order valence-corrected chi connectivity index (χ2v) is 8.14. The number of nitrogens with one attached hydrogen (secondary N) is 1. The molecule has 7 nitrogen and oxygen atoms in total. The van der Waals surface area contributed by atoms with E-state index in [1.165, 1.54) is 11.1 Å². The quantitative estimate of drug-likeness (QED) is 0.717. The van der Waals surface area contributed by atoms with E-state index in [0.717, 1.165) is 48.8 Å². The number of rotatable bonds is 4. The molecule has 2 aromatic heterocycles. The van der Waals surface area contributed by atoms with Crippen LogP contribution in [0.2, 0.25) is 0 Å². The molecular weight excluding hydrogens is 376 g/mol. The van der Waals surface area contributed by atoms with Gasteiger partial charge in [-0.15, -0.1) is 10.2 Å². The Balaban J connectivity index is 1.35. The largest absolute Gasteiger partial charge is 0.355 e. The summed E-state index contributed by atoms with van der Waals surface area (Å²) in [6, 6.07) is 12.0. The van der Waals surface area contributed by atoms with Gasteiger partial charge in [0.15, 0.2) is 11.6 Å². The van der Waals surface area contributed by atoms with Crippen LogP contribution in [0.4, 0.5) is 11.5 Å². The van der Waals surface area contributed by atoms with Gasteiger partial charge in [-0.05, 0) is 82.0 Å². The van der Waals surface area contributed by atoms with Crippen LogP contribution < -0.4 is 10.2 Å². The van der Waals surface area contributed by atoms with Crippen LogP contribution in [-0.2, 0) is 4.79 Å². The van der Waals surface area contributed by atoms with Crippen LogP contribution in [0.1, 0.15) is 35.4 Å². The minimum Gasteiger partial charge on any atom is -0.355 e. The van der Waals surface area contributed by atoms with Gasteiger partial charge in [0, 0.05) is 30.4 Å². The molecule has 1 amide bonds. The monoisotopic (exact) mass is 404 g/mol. The topological polar surface area (TPSA) is 75.9 Å². The maximum atomic E-state index is 12.7. The van der Waals surface area contributed by atoms with Crippen LogP contribution in [0, 0.1) is 33.6 Å². The predicted molar refractivity (Wildman–Crippen MR) is 118 cm³/mol. The number of amides is 1. The minimum absolute atomic E-state index is 0.0183. The van der Waals surface area contributed by atoms with Gasteiger partial charge in [-0.2, -0.15) is 5.10 Å². The first-order chi connectivity index (χ1) is 14.4. The first kappa shape index (κ1) is 20.1. The fourth-order valence-corrected chi connectivity index (χ4v) is 3.89. The molecule has 1 aliphatic rings. The molecule has 1 saturated heterocycles. The van der Waals surface area contributed by atoms with Crippen molar-refractivity contribution < 1.29 is 4.79 Å². The number of carbonyl (C=O) groups excluding carboxylic acids is 1. The lowest BCUT2D eigenvalue weighted by atomic mass is 9.95. The van der Waals surface area contributed by atoms with Gasteiger partial charge in [0.05, 0.1) is 5.69 Å². The Bertz CT molecular complexity index is 1050. The predicted octanol–water partition coefficient (Wildman–Crippen LogP) is 3.75. The van der Waals surface area contributed by atoms with E-state index < -0.39 is 0 Å². The highest BCUT2D eigenvalue weighted by Crippen LogP contribution is 2.24.